The highest BCUT2D eigenvalue weighted by Crippen LogP contribution is 2.38. The predicted molar refractivity (Wildman–Crippen MR) is 132 cm³/mol. The molecule has 0 bridgehead atoms. The van der Waals surface area contributed by atoms with E-state index in [-0.39, 0.29) is 11.5 Å². The molecule has 172 valence electrons. The zero-order valence-electron chi connectivity index (χ0n) is 18.4. The minimum Gasteiger partial charge on any atom is -0.311 e. The summed E-state index contributed by atoms with van der Waals surface area (Å²) in [5, 5.41) is 3.84. The lowest BCUT2D eigenvalue weighted by molar-refractivity contribution is 0.166. The number of benzene rings is 2. The van der Waals surface area contributed by atoms with Gasteiger partial charge >= 0.3 is 0 Å². The number of nitrogens with zero attached hydrogens (tertiary/aromatic N) is 1. The Morgan fingerprint density at radius 3 is 2.50 bits per heavy atom. The standard InChI is InChI=1S/C25H31BrN2O3S/c1-19(17-20-5-3-2-4-6-20)24-18-25(24)27-22-11-13-28(14-12-22)15-16-31-32(29,30)23-9-7-21(26)8-10-23/h2-10,17,22,24-25,27H,11-16,18H2,1H3/b19-17+/t24-,25+/m0/s1. The average Bonchev–Trinajstić information content (AvgIpc) is 3.55. The summed E-state index contributed by atoms with van der Waals surface area (Å²) in [6.07, 6.45) is 5.70. The van der Waals surface area contributed by atoms with Gasteiger partial charge in [-0.25, -0.2) is 0 Å². The Hall–Kier alpha value is -1.51. The molecule has 5 nitrogen and oxygen atoms in total. The van der Waals surface area contributed by atoms with E-state index < -0.39 is 10.1 Å². The Morgan fingerprint density at radius 2 is 1.81 bits per heavy atom. The molecule has 2 aromatic carbocycles. The van der Waals surface area contributed by atoms with E-state index in [1.807, 2.05) is 6.07 Å². The summed E-state index contributed by atoms with van der Waals surface area (Å²) >= 11 is 3.31. The zero-order valence-corrected chi connectivity index (χ0v) is 20.8. The van der Waals surface area contributed by atoms with Crippen LogP contribution in [0.3, 0.4) is 0 Å². The number of piperidine rings is 1. The van der Waals surface area contributed by atoms with Gasteiger partial charge in [-0.2, -0.15) is 8.42 Å². The van der Waals surface area contributed by atoms with Gasteiger partial charge in [0.15, 0.2) is 0 Å². The van der Waals surface area contributed by atoms with Crippen LogP contribution in [0.2, 0.25) is 0 Å². The Morgan fingerprint density at radius 1 is 1.12 bits per heavy atom. The fraction of sp³-hybridized carbons (Fsp3) is 0.440. The molecule has 4 rings (SSSR count). The van der Waals surface area contributed by atoms with Crippen molar-refractivity contribution in [3.63, 3.8) is 0 Å². The quantitative estimate of drug-likeness (QED) is 0.487. The molecule has 2 aliphatic rings. The minimum absolute atomic E-state index is 0.185. The Balaban J connectivity index is 1.15. The lowest BCUT2D eigenvalue weighted by Crippen LogP contribution is -2.44. The third-order valence-electron chi connectivity index (χ3n) is 6.35. The fourth-order valence-electron chi connectivity index (χ4n) is 4.37. The highest BCUT2D eigenvalue weighted by Gasteiger charge is 2.39. The fourth-order valence-corrected chi connectivity index (χ4v) is 5.54. The summed E-state index contributed by atoms with van der Waals surface area (Å²) in [5.41, 5.74) is 2.73. The SMILES string of the molecule is C/C(=C\c1ccccc1)[C@@H]1C[C@H]1NC1CCN(CCOS(=O)(=O)c2ccc(Br)cc2)CC1. The first-order valence-electron chi connectivity index (χ1n) is 11.3. The molecule has 1 aliphatic carbocycles. The molecular weight excluding hydrogens is 488 g/mol. The van der Waals surface area contributed by atoms with Crippen molar-refractivity contribution >= 4 is 32.1 Å². The van der Waals surface area contributed by atoms with Gasteiger partial charge < -0.3 is 10.2 Å². The van der Waals surface area contributed by atoms with Crippen LogP contribution in [-0.2, 0) is 14.3 Å². The number of likely N-dealkylation sites (tertiary alicyclic amines) is 1. The lowest BCUT2D eigenvalue weighted by atomic mass is 10.0. The summed E-state index contributed by atoms with van der Waals surface area (Å²) < 4.78 is 30.7. The highest BCUT2D eigenvalue weighted by molar-refractivity contribution is 9.10. The summed E-state index contributed by atoms with van der Waals surface area (Å²) in [4.78, 5) is 2.49. The summed E-state index contributed by atoms with van der Waals surface area (Å²) in [6, 6.07) is 18.2. The van der Waals surface area contributed by atoms with Crippen LogP contribution in [0.4, 0.5) is 0 Å². The van der Waals surface area contributed by atoms with E-state index in [9.17, 15) is 8.42 Å². The maximum Gasteiger partial charge on any atom is 0.297 e. The number of halogens is 1. The van der Waals surface area contributed by atoms with Crippen molar-refractivity contribution < 1.29 is 12.6 Å². The molecular formula is C25H31BrN2O3S. The van der Waals surface area contributed by atoms with Gasteiger partial charge in [-0.05, 0) is 75.0 Å². The molecule has 1 saturated carbocycles. The van der Waals surface area contributed by atoms with Gasteiger partial charge in [-0.1, -0.05) is 57.9 Å². The average molecular weight is 520 g/mol. The van der Waals surface area contributed by atoms with Gasteiger partial charge in [-0.3, -0.25) is 4.18 Å². The number of nitrogens with one attached hydrogen (secondary N) is 1. The van der Waals surface area contributed by atoms with E-state index in [4.69, 9.17) is 4.18 Å². The van der Waals surface area contributed by atoms with E-state index in [0.717, 1.165) is 30.4 Å². The van der Waals surface area contributed by atoms with Crippen molar-refractivity contribution in [3.05, 3.63) is 70.2 Å². The van der Waals surface area contributed by atoms with Crippen LogP contribution in [0, 0.1) is 5.92 Å². The van der Waals surface area contributed by atoms with Crippen LogP contribution < -0.4 is 5.32 Å². The molecule has 1 aliphatic heterocycles. The maximum atomic E-state index is 12.3. The number of hydrogen-bond donors (Lipinski definition) is 1. The molecule has 1 heterocycles. The molecule has 1 saturated heterocycles. The summed E-state index contributed by atoms with van der Waals surface area (Å²) in [5.74, 6) is 0.644. The molecule has 0 spiro atoms. The first-order valence-corrected chi connectivity index (χ1v) is 13.5. The van der Waals surface area contributed by atoms with Gasteiger partial charge in [-0.15, -0.1) is 0 Å². The monoisotopic (exact) mass is 518 g/mol. The zero-order chi connectivity index (χ0) is 22.6. The third kappa shape index (κ3) is 6.51. The molecule has 2 aromatic rings. The predicted octanol–water partition coefficient (Wildman–Crippen LogP) is 4.70. The lowest BCUT2D eigenvalue weighted by Gasteiger charge is -2.32. The van der Waals surface area contributed by atoms with Gasteiger partial charge in [0.25, 0.3) is 10.1 Å². The van der Waals surface area contributed by atoms with Crippen LogP contribution >= 0.6 is 15.9 Å². The van der Waals surface area contributed by atoms with Gasteiger partial charge in [0.2, 0.25) is 0 Å². The van der Waals surface area contributed by atoms with Gasteiger partial charge in [0.05, 0.1) is 11.5 Å². The van der Waals surface area contributed by atoms with Crippen molar-refractivity contribution in [2.75, 3.05) is 26.2 Å². The molecule has 1 N–H and O–H groups in total. The van der Waals surface area contributed by atoms with E-state index in [0.29, 0.717) is 24.5 Å². The van der Waals surface area contributed by atoms with Crippen molar-refractivity contribution in [2.45, 2.75) is 43.2 Å². The summed E-state index contributed by atoms with van der Waals surface area (Å²) in [7, 11) is -3.70. The number of rotatable bonds is 9. The third-order valence-corrected chi connectivity index (χ3v) is 8.21. The van der Waals surface area contributed by atoms with E-state index in [1.54, 1.807) is 24.3 Å². The van der Waals surface area contributed by atoms with Gasteiger partial charge in [0, 0.05) is 23.1 Å². The van der Waals surface area contributed by atoms with E-state index >= 15 is 0 Å². The molecule has 2 atom stereocenters. The van der Waals surface area contributed by atoms with Crippen LogP contribution in [0.1, 0.15) is 31.7 Å². The molecule has 2 fully saturated rings. The molecule has 32 heavy (non-hydrogen) atoms. The van der Waals surface area contributed by atoms with Crippen LogP contribution in [-0.4, -0.2) is 51.6 Å². The van der Waals surface area contributed by atoms with Crippen LogP contribution in [0.15, 0.2) is 69.5 Å². The summed E-state index contributed by atoms with van der Waals surface area (Å²) in [6.45, 7) is 4.99. The molecule has 0 radical (unpaired) electrons. The molecule has 7 heteroatoms. The maximum absolute atomic E-state index is 12.3. The topological polar surface area (TPSA) is 58.6 Å². The first kappa shape index (κ1) is 23.6. The second-order valence-electron chi connectivity index (χ2n) is 8.76. The van der Waals surface area contributed by atoms with E-state index in [2.05, 4.69) is 63.4 Å². The second kappa shape index (κ2) is 10.6. The first-order chi connectivity index (χ1) is 15.4. The Kier molecular flexibility index (Phi) is 7.84. The van der Waals surface area contributed by atoms with Crippen molar-refractivity contribution in [2.24, 2.45) is 5.92 Å². The molecule has 0 amide bonds. The van der Waals surface area contributed by atoms with Crippen molar-refractivity contribution in [1.82, 2.24) is 10.2 Å². The Labute approximate surface area is 200 Å². The Bertz CT molecular complexity index is 1020. The van der Waals surface area contributed by atoms with E-state index in [1.165, 1.54) is 17.6 Å². The largest absolute Gasteiger partial charge is 0.311 e. The van der Waals surface area contributed by atoms with Crippen LogP contribution in [0.25, 0.3) is 6.08 Å². The normalized spacial score (nSPS) is 22.8. The smallest absolute Gasteiger partial charge is 0.297 e. The van der Waals surface area contributed by atoms with Gasteiger partial charge in [0.1, 0.15) is 0 Å². The molecule has 0 unspecified atom stereocenters. The minimum atomic E-state index is -3.70. The van der Waals surface area contributed by atoms with Crippen molar-refractivity contribution in [3.8, 4) is 0 Å². The highest BCUT2D eigenvalue weighted by atomic mass is 79.9. The number of hydrogen-bond acceptors (Lipinski definition) is 5. The van der Waals surface area contributed by atoms with Crippen LogP contribution in [0.5, 0.6) is 0 Å². The molecule has 0 aromatic heterocycles. The second-order valence-corrected chi connectivity index (χ2v) is 11.3. The van der Waals surface area contributed by atoms with Crippen molar-refractivity contribution in [1.29, 1.82) is 0 Å².